The highest BCUT2D eigenvalue weighted by atomic mass is 32.2. The highest BCUT2D eigenvalue weighted by Crippen LogP contribution is 2.43. The molecule has 0 spiro atoms. The van der Waals surface area contributed by atoms with Gasteiger partial charge in [0.15, 0.2) is 0 Å². The molecule has 0 unspecified atom stereocenters. The van der Waals surface area contributed by atoms with Gasteiger partial charge >= 0.3 is 5.97 Å². The van der Waals surface area contributed by atoms with Gasteiger partial charge in [0.1, 0.15) is 5.82 Å². The van der Waals surface area contributed by atoms with Gasteiger partial charge in [0.25, 0.3) is 0 Å². The number of allylic oxidation sites excluding steroid dienone is 2. The Balaban J connectivity index is 2.09. The molecule has 0 amide bonds. The smallest absolute Gasteiger partial charge is 0.310 e. The Bertz CT molecular complexity index is 879. The number of ether oxygens (including phenoxy) is 1. The van der Waals surface area contributed by atoms with Crippen molar-refractivity contribution >= 4 is 35.0 Å². The fraction of sp³-hybridized carbons (Fsp3) is 0.190. The number of carbonyl (C=O) groups excluding carboxylic acids is 1. The summed E-state index contributed by atoms with van der Waals surface area (Å²) in [4.78, 5) is 13.0. The van der Waals surface area contributed by atoms with Crippen molar-refractivity contribution in [1.82, 2.24) is 0 Å². The van der Waals surface area contributed by atoms with Gasteiger partial charge in [-0.15, -0.1) is 11.8 Å². The van der Waals surface area contributed by atoms with Gasteiger partial charge in [-0.25, -0.2) is 4.39 Å². The number of halogens is 1. The molecule has 0 aromatic heterocycles. The van der Waals surface area contributed by atoms with E-state index in [0.717, 1.165) is 33.4 Å². The normalized spacial score (nSPS) is 14.8. The first kappa shape index (κ1) is 17.5. The third-order valence-electron chi connectivity index (χ3n) is 4.43. The Kier molecular flexibility index (Phi) is 5.09. The van der Waals surface area contributed by atoms with E-state index < -0.39 is 0 Å². The van der Waals surface area contributed by atoms with E-state index in [2.05, 4.69) is 30.3 Å². The van der Waals surface area contributed by atoms with Crippen molar-refractivity contribution in [2.24, 2.45) is 0 Å². The van der Waals surface area contributed by atoms with Crippen molar-refractivity contribution in [2.45, 2.75) is 18.2 Å². The number of hydrogen-bond acceptors (Lipinski definition) is 3. The van der Waals surface area contributed by atoms with Gasteiger partial charge in [-0.05, 0) is 76.9 Å². The highest BCUT2D eigenvalue weighted by molar-refractivity contribution is 7.98. The maximum Gasteiger partial charge on any atom is 0.310 e. The van der Waals surface area contributed by atoms with Crippen molar-refractivity contribution in [3.63, 3.8) is 0 Å². The first-order chi connectivity index (χ1) is 12.0. The topological polar surface area (TPSA) is 26.3 Å². The lowest BCUT2D eigenvalue weighted by Gasteiger charge is -2.05. The van der Waals surface area contributed by atoms with E-state index in [0.29, 0.717) is 0 Å². The van der Waals surface area contributed by atoms with Crippen LogP contribution in [0.2, 0.25) is 0 Å². The monoisotopic (exact) mass is 354 g/mol. The minimum absolute atomic E-state index is 0.140. The molecule has 0 saturated carbocycles. The van der Waals surface area contributed by atoms with Crippen LogP contribution in [0.25, 0.3) is 17.2 Å². The summed E-state index contributed by atoms with van der Waals surface area (Å²) in [6, 6.07) is 13.0. The van der Waals surface area contributed by atoms with E-state index in [1.165, 1.54) is 24.1 Å². The van der Waals surface area contributed by atoms with E-state index in [1.807, 2.05) is 13.2 Å². The quantitative estimate of drug-likeness (QED) is 0.540. The van der Waals surface area contributed by atoms with Crippen LogP contribution in [-0.4, -0.2) is 19.3 Å². The molecular formula is C21H19FO2S. The third-order valence-corrected chi connectivity index (χ3v) is 5.17. The molecule has 0 aliphatic heterocycles. The Labute approximate surface area is 151 Å². The Morgan fingerprint density at radius 3 is 2.52 bits per heavy atom. The summed E-state index contributed by atoms with van der Waals surface area (Å²) in [5.41, 5.74) is 5.63. The summed E-state index contributed by atoms with van der Waals surface area (Å²) in [5, 5.41) is 0. The SMILES string of the molecule is COC(=O)CC1=C(C)/C(=C/c2ccc(SC)cc2)c2ccc(F)cc21. The molecule has 128 valence electrons. The summed E-state index contributed by atoms with van der Waals surface area (Å²) < 4.78 is 18.6. The molecule has 0 fully saturated rings. The average Bonchev–Trinajstić information content (AvgIpc) is 2.87. The molecule has 0 N–H and O–H groups in total. The predicted octanol–water partition coefficient (Wildman–Crippen LogP) is 5.44. The van der Waals surface area contributed by atoms with Crippen LogP contribution in [0.3, 0.4) is 0 Å². The zero-order valence-corrected chi connectivity index (χ0v) is 15.2. The van der Waals surface area contributed by atoms with Crippen LogP contribution in [-0.2, 0) is 9.53 Å². The molecule has 2 aromatic rings. The van der Waals surface area contributed by atoms with Gasteiger partial charge in [0, 0.05) is 4.90 Å². The van der Waals surface area contributed by atoms with Crippen LogP contribution in [0.15, 0.2) is 52.9 Å². The molecule has 25 heavy (non-hydrogen) atoms. The molecule has 2 aromatic carbocycles. The number of hydrogen-bond donors (Lipinski definition) is 0. The molecule has 2 nitrogen and oxygen atoms in total. The standard InChI is InChI=1S/C21H19FO2S/c1-13-18(10-14-4-7-16(25-3)8-5-14)17-9-6-15(22)11-20(17)19(13)12-21(23)24-2/h4-11H,12H2,1-3H3/b18-10-. The van der Waals surface area contributed by atoms with Gasteiger partial charge in [0.2, 0.25) is 0 Å². The third kappa shape index (κ3) is 3.54. The molecule has 1 aliphatic rings. The fourth-order valence-corrected chi connectivity index (χ4v) is 3.47. The van der Waals surface area contributed by atoms with Crippen LogP contribution >= 0.6 is 11.8 Å². The zero-order valence-electron chi connectivity index (χ0n) is 14.4. The Hall–Kier alpha value is -2.33. The number of esters is 1. The number of fused-ring (bicyclic) bond motifs is 1. The number of benzene rings is 2. The van der Waals surface area contributed by atoms with E-state index in [4.69, 9.17) is 4.74 Å². The van der Waals surface area contributed by atoms with E-state index in [-0.39, 0.29) is 18.2 Å². The van der Waals surface area contributed by atoms with Crippen molar-refractivity contribution in [1.29, 1.82) is 0 Å². The van der Waals surface area contributed by atoms with Crippen molar-refractivity contribution < 1.29 is 13.9 Å². The molecule has 3 rings (SSSR count). The fourth-order valence-electron chi connectivity index (χ4n) is 3.06. The second-order valence-corrected chi connectivity index (χ2v) is 6.76. The summed E-state index contributed by atoms with van der Waals surface area (Å²) in [6.07, 6.45) is 4.27. The molecule has 0 bridgehead atoms. The second kappa shape index (κ2) is 7.28. The van der Waals surface area contributed by atoms with Crippen LogP contribution in [0.5, 0.6) is 0 Å². The lowest BCUT2D eigenvalue weighted by atomic mass is 10.0. The molecular weight excluding hydrogens is 335 g/mol. The maximum absolute atomic E-state index is 13.8. The minimum Gasteiger partial charge on any atom is -0.469 e. The average molecular weight is 354 g/mol. The van der Waals surface area contributed by atoms with Crippen molar-refractivity contribution in [3.05, 3.63) is 70.5 Å². The molecule has 0 radical (unpaired) electrons. The summed E-state index contributed by atoms with van der Waals surface area (Å²) in [5.74, 6) is -0.630. The number of thioether (sulfide) groups is 1. The van der Waals surface area contributed by atoms with Gasteiger partial charge in [-0.3, -0.25) is 4.79 Å². The lowest BCUT2D eigenvalue weighted by molar-refractivity contribution is -0.139. The van der Waals surface area contributed by atoms with Gasteiger partial charge in [-0.1, -0.05) is 18.2 Å². The van der Waals surface area contributed by atoms with E-state index in [1.54, 1.807) is 17.8 Å². The summed E-state index contributed by atoms with van der Waals surface area (Å²) in [7, 11) is 1.36. The van der Waals surface area contributed by atoms with Crippen LogP contribution in [0.4, 0.5) is 4.39 Å². The van der Waals surface area contributed by atoms with Crippen molar-refractivity contribution in [2.75, 3.05) is 13.4 Å². The van der Waals surface area contributed by atoms with Crippen molar-refractivity contribution in [3.8, 4) is 0 Å². The molecule has 4 heteroatoms. The largest absolute Gasteiger partial charge is 0.469 e. The van der Waals surface area contributed by atoms with E-state index >= 15 is 0 Å². The molecule has 1 aliphatic carbocycles. The van der Waals surface area contributed by atoms with Crippen LogP contribution in [0, 0.1) is 5.82 Å². The van der Waals surface area contributed by atoms with Gasteiger partial charge in [0.05, 0.1) is 13.5 Å². The lowest BCUT2D eigenvalue weighted by Crippen LogP contribution is -2.01. The van der Waals surface area contributed by atoms with Gasteiger partial charge < -0.3 is 4.74 Å². The number of carbonyl (C=O) groups is 1. The zero-order chi connectivity index (χ0) is 18.0. The van der Waals surface area contributed by atoms with Crippen LogP contribution in [0.1, 0.15) is 30.0 Å². The predicted molar refractivity (Wildman–Crippen MR) is 102 cm³/mol. The first-order valence-corrected chi connectivity index (χ1v) is 9.19. The second-order valence-electron chi connectivity index (χ2n) is 5.88. The minimum atomic E-state index is -0.324. The van der Waals surface area contributed by atoms with Gasteiger partial charge in [-0.2, -0.15) is 0 Å². The maximum atomic E-state index is 13.8. The Morgan fingerprint density at radius 2 is 1.88 bits per heavy atom. The summed E-state index contributed by atoms with van der Waals surface area (Å²) >= 11 is 1.70. The first-order valence-electron chi connectivity index (χ1n) is 7.96. The highest BCUT2D eigenvalue weighted by Gasteiger charge is 2.25. The Morgan fingerprint density at radius 1 is 1.16 bits per heavy atom. The van der Waals surface area contributed by atoms with Crippen LogP contribution < -0.4 is 0 Å². The molecule has 0 heterocycles. The van der Waals surface area contributed by atoms with E-state index in [9.17, 15) is 9.18 Å². The summed E-state index contributed by atoms with van der Waals surface area (Å²) in [6.45, 7) is 1.97. The number of rotatable bonds is 4. The molecule has 0 atom stereocenters. The number of methoxy groups -OCH3 is 1. The molecule has 0 saturated heterocycles.